The Morgan fingerprint density at radius 3 is 2.55 bits per heavy atom. The van der Waals surface area contributed by atoms with Crippen LogP contribution < -0.4 is 16.0 Å². The van der Waals surface area contributed by atoms with Gasteiger partial charge in [0.15, 0.2) is 0 Å². The number of furan rings is 1. The number of hydrogen-bond acceptors (Lipinski definition) is 6. The van der Waals surface area contributed by atoms with Crippen molar-refractivity contribution >= 4 is 33.8 Å². The second-order valence-corrected chi connectivity index (χ2v) is 6.68. The molecule has 2 heterocycles. The van der Waals surface area contributed by atoms with Crippen LogP contribution in [0.25, 0.3) is 33.1 Å². The smallest absolute Gasteiger partial charge is 0.340 e. The van der Waals surface area contributed by atoms with Gasteiger partial charge >= 0.3 is 5.63 Å². The van der Waals surface area contributed by atoms with E-state index in [9.17, 15) is 19.5 Å². The third-order valence-corrected chi connectivity index (χ3v) is 4.83. The summed E-state index contributed by atoms with van der Waals surface area (Å²) in [5.74, 6) is -2.00. The SMILES string of the molecule is Cc1c(CC(=O)NCC(=O)[O-])c(=O)oc2cc3occ(-c4ccccc4)c3cc12. The van der Waals surface area contributed by atoms with Crippen LogP contribution in [0.2, 0.25) is 0 Å². The van der Waals surface area contributed by atoms with E-state index in [1.807, 2.05) is 36.4 Å². The van der Waals surface area contributed by atoms with Crippen LogP contribution in [-0.2, 0) is 16.0 Å². The zero-order valence-electron chi connectivity index (χ0n) is 15.5. The number of carbonyl (C=O) groups excluding carboxylic acids is 2. The minimum absolute atomic E-state index is 0.178. The monoisotopic (exact) mass is 390 g/mol. The van der Waals surface area contributed by atoms with E-state index in [0.29, 0.717) is 22.1 Å². The summed E-state index contributed by atoms with van der Waals surface area (Å²) in [7, 11) is 0. The van der Waals surface area contributed by atoms with Crippen LogP contribution in [0.3, 0.4) is 0 Å². The molecule has 0 unspecified atom stereocenters. The van der Waals surface area contributed by atoms with Gasteiger partial charge in [0.05, 0.1) is 30.8 Å². The maximum Gasteiger partial charge on any atom is 0.340 e. The number of aliphatic carboxylic acids is 1. The number of carboxylic acid groups (broad SMARTS) is 1. The van der Waals surface area contributed by atoms with Gasteiger partial charge in [-0.05, 0) is 24.1 Å². The molecule has 0 aliphatic carbocycles. The normalized spacial score (nSPS) is 11.1. The largest absolute Gasteiger partial charge is 0.548 e. The highest BCUT2D eigenvalue weighted by Gasteiger charge is 2.17. The molecule has 7 heteroatoms. The summed E-state index contributed by atoms with van der Waals surface area (Å²) in [6.45, 7) is 1.11. The maximum absolute atomic E-state index is 12.4. The van der Waals surface area contributed by atoms with E-state index in [2.05, 4.69) is 5.32 Å². The third-order valence-electron chi connectivity index (χ3n) is 4.83. The molecule has 7 nitrogen and oxygen atoms in total. The van der Waals surface area contributed by atoms with Gasteiger partial charge in [-0.15, -0.1) is 0 Å². The zero-order chi connectivity index (χ0) is 20.5. The second-order valence-electron chi connectivity index (χ2n) is 6.68. The molecule has 0 aliphatic heterocycles. The number of fused-ring (bicyclic) bond motifs is 2. The topological polar surface area (TPSA) is 113 Å². The lowest BCUT2D eigenvalue weighted by Crippen LogP contribution is -2.38. The summed E-state index contributed by atoms with van der Waals surface area (Å²) in [6.07, 6.45) is 1.37. The molecule has 2 aromatic heterocycles. The molecule has 0 saturated heterocycles. The zero-order valence-corrected chi connectivity index (χ0v) is 15.5. The van der Waals surface area contributed by atoms with Crippen molar-refractivity contribution in [1.82, 2.24) is 5.32 Å². The van der Waals surface area contributed by atoms with Gasteiger partial charge in [0.25, 0.3) is 0 Å². The van der Waals surface area contributed by atoms with Crippen molar-refractivity contribution in [3.63, 3.8) is 0 Å². The molecule has 0 atom stereocenters. The molecule has 1 amide bonds. The number of benzene rings is 2. The van der Waals surface area contributed by atoms with Gasteiger partial charge in [-0.1, -0.05) is 30.3 Å². The van der Waals surface area contributed by atoms with Crippen LogP contribution >= 0.6 is 0 Å². The summed E-state index contributed by atoms with van der Waals surface area (Å²) < 4.78 is 11.1. The van der Waals surface area contributed by atoms with Gasteiger partial charge in [0.1, 0.15) is 11.2 Å². The number of rotatable bonds is 5. The van der Waals surface area contributed by atoms with Crippen LogP contribution in [0.15, 0.2) is 62.4 Å². The second kappa shape index (κ2) is 7.27. The molecule has 0 fully saturated rings. The molecule has 1 N–H and O–H groups in total. The Hall–Kier alpha value is -3.87. The van der Waals surface area contributed by atoms with E-state index in [-0.39, 0.29) is 12.0 Å². The number of amides is 1. The summed E-state index contributed by atoms with van der Waals surface area (Å²) in [6, 6.07) is 13.3. The molecule has 4 aromatic rings. The van der Waals surface area contributed by atoms with Crippen molar-refractivity contribution in [2.45, 2.75) is 13.3 Å². The highest BCUT2D eigenvalue weighted by molar-refractivity contribution is 6.02. The van der Waals surface area contributed by atoms with Crippen molar-refractivity contribution in [2.75, 3.05) is 6.54 Å². The van der Waals surface area contributed by atoms with Gasteiger partial charge in [0, 0.05) is 22.4 Å². The van der Waals surface area contributed by atoms with Gasteiger partial charge in [-0.3, -0.25) is 4.79 Å². The quantitative estimate of drug-likeness (QED) is 0.521. The lowest BCUT2D eigenvalue weighted by molar-refractivity contribution is -0.304. The van der Waals surface area contributed by atoms with Gasteiger partial charge < -0.3 is 24.1 Å². The average molecular weight is 390 g/mol. The van der Waals surface area contributed by atoms with Crippen LogP contribution in [0.4, 0.5) is 0 Å². The standard InChI is InChI=1S/C22H17NO6/c1-12-14-7-16-17(13-5-3-2-4-6-13)11-28-18(16)9-19(14)29-22(27)15(12)8-20(24)23-10-21(25)26/h2-7,9,11H,8,10H2,1H3,(H,23,24)(H,25,26)/p-1. The minimum atomic E-state index is -1.41. The lowest BCUT2D eigenvalue weighted by Gasteiger charge is -2.09. The minimum Gasteiger partial charge on any atom is -0.548 e. The Labute approximate surface area is 164 Å². The molecular formula is C22H16NO6-. The first-order valence-corrected chi connectivity index (χ1v) is 8.93. The average Bonchev–Trinajstić information content (AvgIpc) is 3.12. The van der Waals surface area contributed by atoms with E-state index < -0.39 is 24.0 Å². The molecule has 0 spiro atoms. The van der Waals surface area contributed by atoms with E-state index in [1.54, 1.807) is 19.3 Å². The van der Waals surface area contributed by atoms with E-state index >= 15 is 0 Å². The van der Waals surface area contributed by atoms with Gasteiger partial charge in [-0.2, -0.15) is 0 Å². The summed E-state index contributed by atoms with van der Waals surface area (Å²) in [5.41, 5.74) is 2.96. The summed E-state index contributed by atoms with van der Waals surface area (Å²) >= 11 is 0. The Morgan fingerprint density at radius 1 is 1.07 bits per heavy atom. The molecular weight excluding hydrogens is 374 g/mol. The molecule has 2 aromatic carbocycles. The first-order chi connectivity index (χ1) is 13.9. The molecule has 0 saturated carbocycles. The van der Waals surface area contributed by atoms with E-state index in [0.717, 1.165) is 16.5 Å². The number of carbonyl (C=O) groups is 2. The van der Waals surface area contributed by atoms with Crippen molar-refractivity contribution < 1.29 is 23.5 Å². The Balaban J connectivity index is 1.81. The van der Waals surface area contributed by atoms with Gasteiger partial charge in [-0.25, -0.2) is 4.79 Å². The number of hydrogen-bond donors (Lipinski definition) is 1. The molecule has 29 heavy (non-hydrogen) atoms. The van der Waals surface area contributed by atoms with Crippen LogP contribution in [-0.4, -0.2) is 18.4 Å². The first-order valence-electron chi connectivity index (χ1n) is 8.93. The Bertz CT molecular complexity index is 1300. The Kier molecular flexibility index (Phi) is 4.64. The third kappa shape index (κ3) is 3.50. The fourth-order valence-electron chi connectivity index (χ4n) is 3.35. The molecule has 0 radical (unpaired) electrons. The van der Waals surface area contributed by atoms with Crippen molar-refractivity contribution in [1.29, 1.82) is 0 Å². The summed E-state index contributed by atoms with van der Waals surface area (Å²) in [4.78, 5) is 34.9. The van der Waals surface area contributed by atoms with Crippen molar-refractivity contribution in [3.8, 4) is 11.1 Å². The van der Waals surface area contributed by atoms with E-state index in [4.69, 9.17) is 8.83 Å². The Morgan fingerprint density at radius 2 is 1.83 bits per heavy atom. The van der Waals surface area contributed by atoms with Crippen molar-refractivity contribution in [3.05, 3.63) is 70.3 Å². The predicted molar refractivity (Wildman–Crippen MR) is 104 cm³/mol. The number of carboxylic acids is 1. The molecule has 0 bridgehead atoms. The number of aryl methyl sites for hydroxylation is 1. The summed E-state index contributed by atoms with van der Waals surface area (Å²) in [5, 5.41) is 14.2. The predicted octanol–water partition coefficient (Wildman–Crippen LogP) is 1.92. The molecule has 0 aliphatic rings. The van der Waals surface area contributed by atoms with Crippen LogP contribution in [0.5, 0.6) is 0 Å². The molecule has 146 valence electrons. The van der Waals surface area contributed by atoms with Crippen LogP contribution in [0.1, 0.15) is 11.1 Å². The van der Waals surface area contributed by atoms with Crippen LogP contribution in [0, 0.1) is 6.92 Å². The fourth-order valence-corrected chi connectivity index (χ4v) is 3.35. The van der Waals surface area contributed by atoms with Gasteiger partial charge in [0.2, 0.25) is 5.91 Å². The van der Waals surface area contributed by atoms with E-state index in [1.165, 1.54) is 0 Å². The first kappa shape index (κ1) is 18.5. The highest BCUT2D eigenvalue weighted by atomic mass is 16.4. The van der Waals surface area contributed by atoms with Crippen molar-refractivity contribution in [2.24, 2.45) is 0 Å². The molecule has 4 rings (SSSR count). The fraction of sp³-hybridized carbons (Fsp3) is 0.136. The maximum atomic E-state index is 12.4. The lowest BCUT2D eigenvalue weighted by atomic mass is 9.99. The highest BCUT2D eigenvalue weighted by Crippen LogP contribution is 2.34. The number of nitrogens with one attached hydrogen (secondary N) is 1.